The van der Waals surface area contributed by atoms with Crippen molar-refractivity contribution >= 4 is 38.8 Å². The SMILES string of the molecule is CCCCS(=O)(=O)c1ccc(N(C(N)=O)c2ccc(NC(=O)C(CC)Oc3ccc(C(C)(C)CC)cc3C(C)(C)CC)cc2)cc1. The first-order valence-electron chi connectivity index (χ1n) is 16.2. The van der Waals surface area contributed by atoms with Gasteiger partial charge < -0.3 is 15.8 Å². The Kier molecular flexibility index (Phi) is 12.1. The number of carbonyl (C=O) groups is 2. The number of benzene rings is 3. The van der Waals surface area contributed by atoms with Gasteiger partial charge in [-0.2, -0.15) is 0 Å². The van der Waals surface area contributed by atoms with E-state index in [1.54, 1.807) is 36.4 Å². The van der Waals surface area contributed by atoms with E-state index in [1.807, 2.05) is 19.9 Å². The molecule has 3 aromatic rings. The van der Waals surface area contributed by atoms with Crippen molar-refractivity contribution in [1.82, 2.24) is 0 Å². The van der Waals surface area contributed by atoms with Crippen LogP contribution in [0.25, 0.3) is 0 Å². The second-order valence-corrected chi connectivity index (χ2v) is 15.2. The summed E-state index contributed by atoms with van der Waals surface area (Å²) in [5, 5.41) is 2.94. The zero-order valence-corrected chi connectivity index (χ0v) is 29.5. The van der Waals surface area contributed by atoms with E-state index in [9.17, 15) is 18.0 Å². The summed E-state index contributed by atoms with van der Waals surface area (Å²) in [6.45, 7) is 17.1. The molecule has 3 N–H and O–H groups in total. The fraction of sp³-hybridized carbons (Fsp3) is 0.459. The van der Waals surface area contributed by atoms with Gasteiger partial charge in [0.25, 0.3) is 5.91 Å². The van der Waals surface area contributed by atoms with Crippen LogP contribution in [0.2, 0.25) is 0 Å². The van der Waals surface area contributed by atoms with Crippen molar-refractivity contribution < 1.29 is 22.7 Å². The number of rotatable bonds is 15. The van der Waals surface area contributed by atoms with Gasteiger partial charge in [-0.1, -0.05) is 73.9 Å². The zero-order chi connectivity index (χ0) is 34.3. The lowest BCUT2D eigenvalue weighted by molar-refractivity contribution is -0.122. The maximum atomic E-state index is 13.4. The van der Waals surface area contributed by atoms with Gasteiger partial charge in [0.2, 0.25) is 0 Å². The van der Waals surface area contributed by atoms with Gasteiger partial charge in [0.05, 0.1) is 22.0 Å². The Bertz CT molecular complexity index is 1600. The van der Waals surface area contributed by atoms with Crippen molar-refractivity contribution in [1.29, 1.82) is 0 Å². The highest BCUT2D eigenvalue weighted by Gasteiger charge is 2.29. The largest absolute Gasteiger partial charge is 0.480 e. The molecule has 3 rings (SSSR count). The standard InChI is InChI=1S/C37H51N3O5S/c1-9-13-24-46(43,44)30-21-19-29(20-22-30)40(35(38)42)28-17-15-27(16-18-28)39-34(41)32(10-2)45-33-23-14-26(36(5,6)11-3)25-31(33)37(7,8)12-4/h14-23,25,32H,9-13,24H2,1-8H3,(H2,38,42)(H,39,41). The number of ether oxygens (including phenoxy) is 1. The molecular formula is C37H51N3O5S. The van der Waals surface area contributed by atoms with Crippen LogP contribution in [0, 0.1) is 0 Å². The van der Waals surface area contributed by atoms with Crippen LogP contribution in [0.15, 0.2) is 71.6 Å². The summed E-state index contributed by atoms with van der Waals surface area (Å²) >= 11 is 0. The molecule has 3 amide bonds. The molecule has 1 atom stereocenters. The molecule has 8 nitrogen and oxygen atoms in total. The highest BCUT2D eigenvalue weighted by atomic mass is 32.2. The molecule has 0 radical (unpaired) electrons. The van der Waals surface area contributed by atoms with Crippen LogP contribution in [-0.4, -0.2) is 32.2 Å². The van der Waals surface area contributed by atoms with Crippen molar-refractivity contribution in [2.24, 2.45) is 5.73 Å². The number of nitrogens with two attached hydrogens (primary N) is 1. The first-order chi connectivity index (χ1) is 21.6. The van der Waals surface area contributed by atoms with Gasteiger partial charge in [-0.15, -0.1) is 0 Å². The van der Waals surface area contributed by atoms with Gasteiger partial charge in [-0.25, -0.2) is 13.2 Å². The van der Waals surface area contributed by atoms with Gasteiger partial charge in [0.15, 0.2) is 15.9 Å². The third-order valence-corrected chi connectivity index (χ3v) is 10.8. The summed E-state index contributed by atoms with van der Waals surface area (Å²) in [4.78, 5) is 27.3. The molecule has 0 aliphatic rings. The molecule has 0 saturated carbocycles. The number of nitrogens with zero attached hydrogens (tertiary/aromatic N) is 1. The van der Waals surface area contributed by atoms with Crippen LogP contribution in [0.1, 0.15) is 98.6 Å². The molecule has 0 saturated heterocycles. The number of hydrogen-bond donors (Lipinski definition) is 2. The number of unbranched alkanes of at least 4 members (excludes halogenated alkanes) is 1. The molecule has 9 heteroatoms. The van der Waals surface area contributed by atoms with E-state index in [0.717, 1.165) is 24.8 Å². The monoisotopic (exact) mass is 649 g/mol. The van der Waals surface area contributed by atoms with E-state index in [4.69, 9.17) is 10.5 Å². The molecule has 0 aliphatic heterocycles. The quantitative estimate of drug-likeness (QED) is 0.171. The first-order valence-corrected chi connectivity index (χ1v) is 17.9. The molecule has 0 fully saturated rings. The molecule has 0 bridgehead atoms. The summed E-state index contributed by atoms with van der Waals surface area (Å²) in [5.74, 6) is 0.502. The zero-order valence-electron chi connectivity index (χ0n) is 28.6. The van der Waals surface area contributed by atoms with Crippen molar-refractivity contribution in [3.63, 3.8) is 0 Å². The second kappa shape index (κ2) is 15.2. The minimum atomic E-state index is -3.40. The molecular weight excluding hydrogens is 598 g/mol. The van der Waals surface area contributed by atoms with Crippen LogP contribution in [0.4, 0.5) is 21.9 Å². The highest BCUT2D eigenvalue weighted by Crippen LogP contribution is 2.39. The Morgan fingerprint density at radius 3 is 1.91 bits per heavy atom. The minimum Gasteiger partial charge on any atom is -0.480 e. The fourth-order valence-electron chi connectivity index (χ4n) is 5.03. The third kappa shape index (κ3) is 8.69. The summed E-state index contributed by atoms with van der Waals surface area (Å²) in [7, 11) is -3.40. The van der Waals surface area contributed by atoms with Crippen LogP contribution in [-0.2, 0) is 25.5 Å². The summed E-state index contributed by atoms with van der Waals surface area (Å²) < 4.78 is 31.5. The van der Waals surface area contributed by atoms with Crippen LogP contribution in [0.3, 0.4) is 0 Å². The van der Waals surface area contributed by atoms with Gasteiger partial charge in [-0.3, -0.25) is 9.69 Å². The number of anilines is 3. The summed E-state index contributed by atoms with van der Waals surface area (Å²) in [6, 6.07) is 18.4. The Labute approximate surface area is 275 Å². The number of urea groups is 1. The van der Waals surface area contributed by atoms with Crippen LogP contribution < -0.4 is 20.7 Å². The number of amides is 3. The second-order valence-electron chi connectivity index (χ2n) is 13.1. The van der Waals surface area contributed by atoms with Crippen molar-refractivity contribution in [3.05, 3.63) is 77.9 Å². The fourth-order valence-corrected chi connectivity index (χ4v) is 6.48. The average molecular weight is 650 g/mol. The Hall–Kier alpha value is -3.85. The Balaban J connectivity index is 1.80. The molecule has 0 aliphatic carbocycles. The number of carbonyl (C=O) groups excluding carboxylic acids is 2. The van der Waals surface area contributed by atoms with Crippen molar-refractivity contribution in [2.45, 2.75) is 109 Å². The predicted octanol–water partition coefficient (Wildman–Crippen LogP) is 8.65. The van der Waals surface area contributed by atoms with Gasteiger partial charge in [-0.05, 0) is 96.7 Å². The van der Waals surface area contributed by atoms with Crippen LogP contribution >= 0.6 is 0 Å². The molecule has 0 aromatic heterocycles. The molecule has 3 aromatic carbocycles. The van der Waals surface area contributed by atoms with Crippen molar-refractivity contribution in [3.8, 4) is 5.75 Å². The van der Waals surface area contributed by atoms with E-state index in [-0.39, 0.29) is 27.4 Å². The normalized spacial score (nSPS) is 12.8. The lowest BCUT2D eigenvalue weighted by Gasteiger charge is -2.31. The molecule has 0 spiro atoms. The smallest absolute Gasteiger partial charge is 0.323 e. The maximum absolute atomic E-state index is 13.4. The van der Waals surface area contributed by atoms with E-state index >= 15 is 0 Å². The maximum Gasteiger partial charge on any atom is 0.323 e. The Morgan fingerprint density at radius 2 is 1.41 bits per heavy atom. The molecule has 46 heavy (non-hydrogen) atoms. The van der Waals surface area contributed by atoms with E-state index in [1.165, 1.54) is 22.6 Å². The summed E-state index contributed by atoms with van der Waals surface area (Å²) in [6.07, 6.45) is 3.03. The number of hydrogen-bond acceptors (Lipinski definition) is 5. The molecule has 1 unspecified atom stereocenters. The number of sulfone groups is 1. The predicted molar refractivity (Wildman–Crippen MR) is 188 cm³/mol. The van der Waals surface area contributed by atoms with Gasteiger partial charge >= 0.3 is 6.03 Å². The number of primary amides is 1. The molecule has 0 heterocycles. The summed E-state index contributed by atoms with van der Waals surface area (Å²) in [5.41, 5.74) is 9.36. The first kappa shape index (κ1) is 36.6. The topological polar surface area (TPSA) is 119 Å². The van der Waals surface area contributed by atoms with Crippen molar-refractivity contribution in [2.75, 3.05) is 16.0 Å². The third-order valence-electron chi connectivity index (χ3n) is 9.02. The highest BCUT2D eigenvalue weighted by molar-refractivity contribution is 7.91. The van der Waals surface area contributed by atoms with E-state index in [0.29, 0.717) is 35.7 Å². The van der Waals surface area contributed by atoms with Gasteiger partial charge in [0.1, 0.15) is 5.75 Å². The van der Waals surface area contributed by atoms with E-state index in [2.05, 4.69) is 59.0 Å². The van der Waals surface area contributed by atoms with E-state index < -0.39 is 22.0 Å². The Morgan fingerprint density at radius 1 is 0.848 bits per heavy atom. The minimum absolute atomic E-state index is 0.0211. The molecule has 250 valence electrons. The number of nitrogens with one attached hydrogen (secondary N) is 1. The lowest BCUT2D eigenvalue weighted by Crippen LogP contribution is -2.33. The van der Waals surface area contributed by atoms with Crippen LogP contribution in [0.5, 0.6) is 5.75 Å². The van der Waals surface area contributed by atoms with Gasteiger partial charge in [0, 0.05) is 11.3 Å². The lowest BCUT2D eigenvalue weighted by atomic mass is 9.76. The average Bonchev–Trinajstić information content (AvgIpc) is 3.03.